The zero-order valence-electron chi connectivity index (χ0n) is 26.1. The molecule has 4 atom stereocenters. The number of benzene rings is 3. The highest BCUT2D eigenvalue weighted by Gasteiger charge is 2.66. The number of carbonyl (C=O) groups is 1. The van der Waals surface area contributed by atoms with Gasteiger partial charge in [-0.2, -0.15) is 0 Å². The number of rotatable bonds is 9. The van der Waals surface area contributed by atoms with Crippen molar-refractivity contribution in [2.24, 2.45) is 5.92 Å². The van der Waals surface area contributed by atoms with E-state index in [0.29, 0.717) is 48.3 Å². The van der Waals surface area contributed by atoms with E-state index in [2.05, 4.69) is 15.4 Å². The lowest BCUT2D eigenvalue weighted by Crippen LogP contribution is -2.46. The van der Waals surface area contributed by atoms with E-state index in [1.54, 1.807) is 15.6 Å². The summed E-state index contributed by atoms with van der Waals surface area (Å²) >= 11 is 0. The van der Waals surface area contributed by atoms with Gasteiger partial charge in [0.05, 0.1) is 40.6 Å². The van der Waals surface area contributed by atoms with Gasteiger partial charge in [-0.15, -0.1) is 5.10 Å². The summed E-state index contributed by atoms with van der Waals surface area (Å²) in [4.78, 5) is 41.7. The Morgan fingerprint density at radius 2 is 1.80 bits per heavy atom. The molecule has 11 nitrogen and oxygen atoms in total. The Labute approximate surface area is 267 Å². The molecule has 0 unspecified atom stereocenters. The van der Waals surface area contributed by atoms with E-state index in [0.717, 1.165) is 16.8 Å². The minimum atomic E-state index is -2.88. The minimum Gasteiger partial charge on any atom is -0.432 e. The third kappa shape index (κ3) is 4.92. The molecule has 0 bridgehead atoms. The number of hydrogen-bond acceptors (Lipinski definition) is 7. The van der Waals surface area contributed by atoms with Crippen LogP contribution in [0.3, 0.4) is 0 Å². The number of nitrogens with one attached hydrogen (secondary N) is 1. The third-order valence-electron chi connectivity index (χ3n) is 9.60. The van der Waals surface area contributed by atoms with Gasteiger partial charge in [-0.05, 0) is 55.4 Å². The number of aromatic nitrogens is 5. The van der Waals surface area contributed by atoms with Gasteiger partial charge in [-0.3, -0.25) is 19.4 Å². The number of H-pyrrole nitrogens is 1. The maximum absolute atomic E-state index is 14.8. The van der Waals surface area contributed by atoms with E-state index in [4.69, 9.17) is 4.74 Å². The number of ether oxygens (including phenoxy) is 1. The van der Waals surface area contributed by atoms with Gasteiger partial charge in [0.2, 0.25) is 0 Å². The fourth-order valence-corrected chi connectivity index (χ4v) is 10.2. The number of aromatic amines is 1. The first-order chi connectivity index (χ1) is 22.1. The van der Waals surface area contributed by atoms with Gasteiger partial charge in [-0.1, -0.05) is 54.6 Å². The maximum atomic E-state index is 14.8. The molecule has 46 heavy (non-hydrogen) atoms. The van der Waals surface area contributed by atoms with Crippen LogP contribution in [-0.2, 0) is 34.6 Å². The van der Waals surface area contributed by atoms with Crippen LogP contribution in [0.5, 0.6) is 0 Å². The summed E-state index contributed by atoms with van der Waals surface area (Å²) in [5.41, 5.74) is 2.63. The molecule has 7 rings (SSSR count). The minimum absolute atomic E-state index is 0.00946. The summed E-state index contributed by atoms with van der Waals surface area (Å²) in [7, 11) is -2.88. The van der Waals surface area contributed by atoms with E-state index >= 15 is 0 Å². The van der Waals surface area contributed by atoms with Gasteiger partial charge in [0.1, 0.15) is 0 Å². The second-order valence-corrected chi connectivity index (χ2v) is 16.9. The Bertz CT molecular complexity index is 1960. The summed E-state index contributed by atoms with van der Waals surface area (Å²) in [6.45, 7) is 6.65. The SMILES string of the molecule is C[C@@H]1[C@@H]([Si](C)(C)O)[C@H](CCn2cc(CCO)nn2)O[C@@]12C(=O)N(Cc1ccccc1)c1ccc(-n3[nH]c4ccccc4c3=O)cc12. The number of nitrogens with zero attached hydrogens (tertiary/aromatic N) is 5. The van der Waals surface area contributed by atoms with Crippen molar-refractivity contribution in [3.8, 4) is 5.69 Å². The van der Waals surface area contributed by atoms with Crippen LogP contribution in [0, 0.1) is 5.92 Å². The number of aliphatic hydroxyl groups is 1. The number of aliphatic hydroxyl groups excluding tert-OH is 1. The van der Waals surface area contributed by atoms with Crippen LogP contribution in [0.25, 0.3) is 16.6 Å². The summed E-state index contributed by atoms with van der Waals surface area (Å²) in [5.74, 6) is -0.525. The first kappa shape index (κ1) is 30.3. The van der Waals surface area contributed by atoms with Crippen LogP contribution in [0.1, 0.15) is 30.2 Å². The zero-order chi connectivity index (χ0) is 32.2. The Balaban J connectivity index is 1.33. The third-order valence-corrected chi connectivity index (χ3v) is 12.1. The number of fused-ring (bicyclic) bond motifs is 3. The van der Waals surface area contributed by atoms with Crippen molar-refractivity contribution in [1.29, 1.82) is 0 Å². The lowest BCUT2D eigenvalue weighted by atomic mass is 9.82. The van der Waals surface area contributed by atoms with Gasteiger partial charge >= 0.3 is 0 Å². The van der Waals surface area contributed by atoms with Crippen molar-refractivity contribution in [2.75, 3.05) is 11.5 Å². The van der Waals surface area contributed by atoms with E-state index in [1.807, 2.05) is 92.9 Å². The Kier molecular flexibility index (Phi) is 7.55. The molecule has 1 amide bonds. The molecule has 4 heterocycles. The second kappa shape index (κ2) is 11.5. The Morgan fingerprint density at radius 1 is 1.04 bits per heavy atom. The van der Waals surface area contributed by atoms with E-state index < -0.39 is 20.0 Å². The summed E-state index contributed by atoms with van der Waals surface area (Å²) in [6.07, 6.45) is 2.31. The van der Waals surface area contributed by atoms with Crippen molar-refractivity contribution in [2.45, 2.75) is 63.2 Å². The van der Waals surface area contributed by atoms with Gasteiger partial charge in [-0.25, -0.2) is 4.68 Å². The second-order valence-electron chi connectivity index (χ2n) is 13.0. The Hall–Kier alpha value is -4.36. The first-order valence-corrected chi connectivity index (χ1v) is 18.7. The lowest BCUT2D eigenvalue weighted by molar-refractivity contribution is -0.146. The molecule has 0 aliphatic carbocycles. The molecule has 1 saturated heterocycles. The standard InChI is InChI=1S/C34H38N6O5Si/c1-22-31(46(2,3)44)30(15-17-38-21-24(16-18-41)35-37-38)45-34(22)27-19-25(40-32(42)26-11-7-8-12-28(26)36-40)13-14-29(27)39(33(34)43)20-23-9-5-4-6-10-23/h4-14,19,21-22,30-31,36,41,44H,15-18,20H2,1-3H3/t22-,30+,31-,34+/m1/s1. The lowest BCUT2D eigenvalue weighted by Gasteiger charge is -2.32. The van der Waals surface area contributed by atoms with Crippen LogP contribution in [0.2, 0.25) is 18.6 Å². The highest BCUT2D eigenvalue weighted by Crippen LogP contribution is 2.60. The maximum Gasteiger partial charge on any atom is 0.279 e. The number of para-hydroxylation sites is 1. The van der Waals surface area contributed by atoms with Crippen LogP contribution >= 0.6 is 0 Å². The van der Waals surface area contributed by atoms with Crippen LogP contribution in [-0.4, -0.2) is 61.6 Å². The van der Waals surface area contributed by atoms with E-state index in [1.165, 1.54) is 4.68 Å². The van der Waals surface area contributed by atoms with Gasteiger partial charge in [0.25, 0.3) is 11.5 Å². The molecule has 0 radical (unpaired) electrons. The predicted molar refractivity (Wildman–Crippen MR) is 176 cm³/mol. The summed E-state index contributed by atoms with van der Waals surface area (Å²) in [6, 6.07) is 22.9. The Morgan fingerprint density at radius 3 is 2.54 bits per heavy atom. The molecule has 2 aliphatic heterocycles. The normalized spacial score (nSPS) is 22.8. The fraction of sp³-hybridized carbons (Fsp3) is 0.353. The molecule has 1 fully saturated rings. The number of hydrogen-bond donors (Lipinski definition) is 3. The smallest absolute Gasteiger partial charge is 0.279 e. The van der Waals surface area contributed by atoms with Gasteiger partial charge < -0.3 is 19.5 Å². The predicted octanol–water partition coefficient (Wildman–Crippen LogP) is 3.88. The number of anilines is 1. The molecular formula is C34H38N6O5Si. The van der Waals surface area contributed by atoms with E-state index in [-0.39, 0.29) is 29.5 Å². The highest BCUT2D eigenvalue weighted by molar-refractivity contribution is 6.71. The average molecular weight is 639 g/mol. The topological polar surface area (TPSA) is 138 Å². The van der Waals surface area contributed by atoms with Gasteiger partial charge in [0, 0.05) is 42.8 Å². The molecule has 2 aromatic heterocycles. The molecule has 3 N–H and O–H groups in total. The molecule has 12 heteroatoms. The molecule has 5 aromatic rings. The largest absolute Gasteiger partial charge is 0.432 e. The molecule has 1 spiro atoms. The van der Waals surface area contributed by atoms with Crippen LogP contribution in [0.4, 0.5) is 5.69 Å². The van der Waals surface area contributed by atoms with Crippen LogP contribution < -0.4 is 10.5 Å². The first-order valence-electron chi connectivity index (χ1n) is 15.7. The summed E-state index contributed by atoms with van der Waals surface area (Å²) in [5, 5.41) is 21.4. The average Bonchev–Trinajstić information content (AvgIpc) is 3.77. The molecule has 0 saturated carbocycles. The van der Waals surface area contributed by atoms with Crippen molar-refractivity contribution in [3.05, 3.63) is 106 Å². The molecule has 2 aliphatic rings. The molecule has 3 aromatic carbocycles. The molecule has 238 valence electrons. The number of amides is 1. The molecular weight excluding hydrogens is 600 g/mol. The number of aryl methyl sites for hydroxylation is 1. The van der Waals surface area contributed by atoms with Crippen molar-refractivity contribution in [1.82, 2.24) is 24.8 Å². The monoisotopic (exact) mass is 638 g/mol. The fourth-order valence-electron chi connectivity index (χ4n) is 7.57. The summed E-state index contributed by atoms with van der Waals surface area (Å²) < 4.78 is 10.2. The van der Waals surface area contributed by atoms with Gasteiger partial charge in [0.15, 0.2) is 13.9 Å². The number of carbonyl (C=O) groups excluding carboxylic acids is 1. The highest BCUT2D eigenvalue weighted by atomic mass is 28.4. The van der Waals surface area contributed by atoms with Crippen molar-refractivity contribution < 1.29 is 19.4 Å². The van der Waals surface area contributed by atoms with Crippen LogP contribution in [0.15, 0.2) is 83.8 Å². The quantitative estimate of drug-likeness (QED) is 0.208. The van der Waals surface area contributed by atoms with E-state index in [9.17, 15) is 19.5 Å². The van der Waals surface area contributed by atoms with Crippen molar-refractivity contribution >= 4 is 30.8 Å². The zero-order valence-corrected chi connectivity index (χ0v) is 27.1. The van der Waals surface area contributed by atoms with Crippen molar-refractivity contribution in [3.63, 3.8) is 0 Å².